The van der Waals surface area contributed by atoms with Crippen molar-refractivity contribution in [2.45, 2.75) is 19.4 Å². The van der Waals surface area contributed by atoms with Crippen LogP contribution in [0.3, 0.4) is 0 Å². The predicted octanol–water partition coefficient (Wildman–Crippen LogP) is 2.59. The number of aliphatic imine (C=N–C) groups is 1. The molecule has 134 valence electrons. The second-order valence-corrected chi connectivity index (χ2v) is 7.68. The quantitative estimate of drug-likeness (QED) is 0.388. The Balaban J connectivity index is 1.61. The third-order valence-electron chi connectivity index (χ3n) is 3.59. The fourth-order valence-corrected chi connectivity index (χ4v) is 3.46. The zero-order chi connectivity index (χ0) is 17.2. The number of nitrogens with one attached hydrogen (secondary N) is 1. The van der Waals surface area contributed by atoms with Crippen LogP contribution >= 0.6 is 27.7 Å². The molecular weight excluding hydrogens is 390 g/mol. The Bertz CT molecular complexity index is 530. The van der Waals surface area contributed by atoms with Gasteiger partial charge in [0.25, 0.3) is 0 Å². The van der Waals surface area contributed by atoms with Crippen LogP contribution in [-0.4, -0.2) is 66.4 Å². The van der Waals surface area contributed by atoms with E-state index in [4.69, 9.17) is 4.74 Å². The Morgan fingerprint density at radius 3 is 3.08 bits per heavy atom. The fourth-order valence-electron chi connectivity index (χ4n) is 2.45. The normalized spacial score (nSPS) is 18.0. The summed E-state index contributed by atoms with van der Waals surface area (Å²) in [5, 5.41) is 13.0. The van der Waals surface area contributed by atoms with E-state index in [9.17, 15) is 5.11 Å². The number of β-amino-alcohol motifs (C(OH)–C–C–N with tert-alkyl or cyclic N) is 1. The van der Waals surface area contributed by atoms with Gasteiger partial charge < -0.3 is 20.1 Å². The Kier molecular flexibility index (Phi) is 8.77. The second kappa shape index (κ2) is 10.8. The van der Waals surface area contributed by atoms with Gasteiger partial charge in [-0.05, 0) is 31.5 Å². The van der Waals surface area contributed by atoms with E-state index in [0.717, 1.165) is 53.7 Å². The molecule has 24 heavy (non-hydrogen) atoms. The zero-order valence-electron chi connectivity index (χ0n) is 14.1. The largest absolute Gasteiger partial charge is 0.493 e. The number of aliphatic hydroxyl groups excluding tert-OH is 1. The van der Waals surface area contributed by atoms with Crippen LogP contribution in [0.25, 0.3) is 0 Å². The van der Waals surface area contributed by atoms with Gasteiger partial charge in [-0.15, -0.1) is 0 Å². The number of halogens is 1. The number of hydrogen-bond donors (Lipinski definition) is 2. The highest BCUT2D eigenvalue weighted by molar-refractivity contribution is 9.10. The van der Waals surface area contributed by atoms with Crippen molar-refractivity contribution in [3.05, 3.63) is 28.7 Å². The molecule has 0 aromatic heterocycles. The van der Waals surface area contributed by atoms with Gasteiger partial charge in [-0.25, -0.2) is 0 Å². The van der Waals surface area contributed by atoms with E-state index in [1.165, 1.54) is 0 Å². The third kappa shape index (κ3) is 6.91. The molecule has 2 N–H and O–H groups in total. The monoisotopic (exact) mass is 415 g/mol. The fraction of sp³-hybridized carbons (Fsp3) is 0.588. The summed E-state index contributed by atoms with van der Waals surface area (Å²) in [5.41, 5.74) is 0. The minimum atomic E-state index is -0.224. The maximum atomic E-state index is 9.65. The number of ether oxygens (including phenoxy) is 1. The highest BCUT2D eigenvalue weighted by atomic mass is 79.9. The molecule has 2 rings (SSSR count). The summed E-state index contributed by atoms with van der Waals surface area (Å²) in [6.07, 6.45) is 0.602. The van der Waals surface area contributed by atoms with Gasteiger partial charge in [0.1, 0.15) is 5.75 Å². The summed E-state index contributed by atoms with van der Waals surface area (Å²) in [7, 11) is 0. The zero-order valence-corrected chi connectivity index (χ0v) is 16.5. The standard InChI is InChI=1S/C17H26BrN3O2S/c1-2-19-17(21-8-6-15(22)13-21)20-7-10-24-11-9-23-16-5-3-4-14(18)12-16/h3-5,12,15,22H,2,6-11,13H2,1H3,(H,19,20)/t15-/m1/s1. The SMILES string of the molecule is CCNC(=NCCSCCOc1cccc(Br)c1)N1CC[C@@H](O)C1. The number of likely N-dealkylation sites (tertiary alicyclic amines) is 1. The van der Waals surface area contributed by atoms with Crippen LogP contribution in [0, 0.1) is 0 Å². The summed E-state index contributed by atoms with van der Waals surface area (Å²) >= 11 is 5.28. The molecule has 1 aliphatic heterocycles. The first kappa shape index (κ1) is 19.4. The van der Waals surface area contributed by atoms with Crippen LogP contribution in [0.4, 0.5) is 0 Å². The van der Waals surface area contributed by atoms with Crippen molar-refractivity contribution < 1.29 is 9.84 Å². The highest BCUT2D eigenvalue weighted by Crippen LogP contribution is 2.18. The van der Waals surface area contributed by atoms with Crippen LogP contribution in [0.1, 0.15) is 13.3 Å². The average Bonchev–Trinajstić information content (AvgIpc) is 2.99. The summed E-state index contributed by atoms with van der Waals surface area (Å²) in [4.78, 5) is 6.78. The Morgan fingerprint density at radius 2 is 2.38 bits per heavy atom. The molecule has 0 bridgehead atoms. The van der Waals surface area contributed by atoms with Crippen molar-refractivity contribution >= 4 is 33.7 Å². The predicted molar refractivity (Wildman–Crippen MR) is 105 cm³/mol. The molecule has 7 heteroatoms. The molecule has 0 saturated carbocycles. The van der Waals surface area contributed by atoms with Crippen LogP contribution in [0.2, 0.25) is 0 Å². The molecule has 0 radical (unpaired) electrons. The Hall–Kier alpha value is -0.920. The van der Waals surface area contributed by atoms with E-state index >= 15 is 0 Å². The van der Waals surface area contributed by atoms with Crippen molar-refractivity contribution in [1.82, 2.24) is 10.2 Å². The number of benzene rings is 1. The van der Waals surface area contributed by atoms with Gasteiger partial charge in [-0.2, -0.15) is 11.8 Å². The average molecular weight is 416 g/mol. The molecule has 1 aromatic carbocycles. The van der Waals surface area contributed by atoms with Gasteiger partial charge in [-0.3, -0.25) is 4.99 Å². The lowest BCUT2D eigenvalue weighted by Crippen LogP contribution is -2.40. The molecule has 0 aliphatic carbocycles. The lowest BCUT2D eigenvalue weighted by Gasteiger charge is -2.20. The molecule has 0 amide bonds. The Labute approximate surface area is 157 Å². The van der Waals surface area contributed by atoms with Crippen molar-refractivity contribution in [2.75, 3.05) is 44.3 Å². The van der Waals surface area contributed by atoms with E-state index in [1.54, 1.807) is 0 Å². The summed E-state index contributed by atoms with van der Waals surface area (Å²) < 4.78 is 6.74. The molecule has 1 aliphatic rings. The summed E-state index contributed by atoms with van der Waals surface area (Å²) in [6, 6.07) is 7.90. The van der Waals surface area contributed by atoms with Crippen LogP contribution in [0.5, 0.6) is 5.75 Å². The van der Waals surface area contributed by atoms with E-state index in [1.807, 2.05) is 36.0 Å². The number of guanidine groups is 1. The van der Waals surface area contributed by atoms with Crippen molar-refractivity contribution in [3.8, 4) is 5.75 Å². The first-order chi connectivity index (χ1) is 11.7. The highest BCUT2D eigenvalue weighted by Gasteiger charge is 2.22. The van der Waals surface area contributed by atoms with Gasteiger partial charge in [-0.1, -0.05) is 22.0 Å². The van der Waals surface area contributed by atoms with Crippen LogP contribution in [0.15, 0.2) is 33.7 Å². The van der Waals surface area contributed by atoms with E-state index in [0.29, 0.717) is 13.2 Å². The number of thioether (sulfide) groups is 1. The van der Waals surface area contributed by atoms with Gasteiger partial charge >= 0.3 is 0 Å². The minimum Gasteiger partial charge on any atom is -0.493 e. The smallest absolute Gasteiger partial charge is 0.194 e. The van der Waals surface area contributed by atoms with Gasteiger partial charge in [0.05, 0.1) is 19.3 Å². The number of aliphatic hydroxyl groups is 1. The van der Waals surface area contributed by atoms with E-state index in [-0.39, 0.29) is 6.10 Å². The molecule has 1 saturated heterocycles. The van der Waals surface area contributed by atoms with Crippen LogP contribution < -0.4 is 10.1 Å². The molecule has 5 nitrogen and oxygen atoms in total. The molecule has 1 fully saturated rings. The molecule has 0 unspecified atom stereocenters. The van der Waals surface area contributed by atoms with Crippen molar-refractivity contribution in [1.29, 1.82) is 0 Å². The first-order valence-electron chi connectivity index (χ1n) is 8.36. The summed E-state index contributed by atoms with van der Waals surface area (Å²) in [5.74, 6) is 3.72. The van der Waals surface area contributed by atoms with E-state index in [2.05, 4.69) is 38.1 Å². The second-order valence-electron chi connectivity index (χ2n) is 5.54. The topological polar surface area (TPSA) is 57.1 Å². The van der Waals surface area contributed by atoms with Crippen molar-refractivity contribution in [2.24, 2.45) is 4.99 Å². The molecule has 1 heterocycles. The lowest BCUT2D eigenvalue weighted by atomic mass is 10.3. The first-order valence-corrected chi connectivity index (χ1v) is 10.3. The molecular formula is C17H26BrN3O2S. The minimum absolute atomic E-state index is 0.224. The number of nitrogens with zero attached hydrogens (tertiary/aromatic N) is 2. The number of rotatable bonds is 8. The maximum Gasteiger partial charge on any atom is 0.194 e. The van der Waals surface area contributed by atoms with Gasteiger partial charge in [0, 0.05) is 35.6 Å². The lowest BCUT2D eigenvalue weighted by molar-refractivity contribution is 0.188. The summed E-state index contributed by atoms with van der Waals surface area (Å²) in [6.45, 7) is 5.94. The van der Waals surface area contributed by atoms with E-state index < -0.39 is 0 Å². The molecule has 1 aromatic rings. The Morgan fingerprint density at radius 1 is 1.50 bits per heavy atom. The van der Waals surface area contributed by atoms with Crippen LogP contribution in [-0.2, 0) is 0 Å². The van der Waals surface area contributed by atoms with Crippen molar-refractivity contribution in [3.63, 3.8) is 0 Å². The van der Waals surface area contributed by atoms with Gasteiger partial charge in [0.15, 0.2) is 5.96 Å². The number of hydrogen-bond acceptors (Lipinski definition) is 4. The third-order valence-corrected chi connectivity index (χ3v) is 5.01. The maximum absolute atomic E-state index is 9.65. The molecule has 1 atom stereocenters. The van der Waals surface area contributed by atoms with Gasteiger partial charge in [0.2, 0.25) is 0 Å². The molecule has 0 spiro atoms.